The van der Waals surface area contributed by atoms with E-state index in [0.29, 0.717) is 39.5 Å². The van der Waals surface area contributed by atoms with E-state index >= 15 is 0 Å². The SMILES string of the molecule is COc1ccc(/C=C2\Oc3c(ccc4c3C(c3ccc(O)c(Cl)c3)CC(=O)O4)C2=O)cc1O. The van der Waals surface area contributed by atoms with E-state index in [0.717, 1.165) is 0 Å². The third-order valence-corrected chi connectivity index (χ3v) is 5.96. The molecule has 0 bridgehead atoms. The Kier molecular flexibility index (Phi) is 4.98. The van der Waals surface area contributed by atoms with E-state index in [1.807, 2.05) is 0 Å². The molecular formula is C25H17ClO7. The Morgan fingerprint density at radius 2 is 1.85 bits per heavy atom. The molecule has 0 amide bonds. The largest absolute Gasteiger partial charge is 0.506 e. The van der Waals surface area contributed by atoms with Gasteiger partial charge in [-0.3, -0.25) is 9.59 Å². The topological polar surface area (TPSA) is 102 Å². The van der Waals surface area contributed by atoms with Gasteiger partial charge in [0.1, 0.15) is 17.2 Å². The van der Waals surface area contributed by atoms with E-state index in [-0.39, 0.29) is 34.5 Å². The molecule has 0 saturated heterocycles. The summed E-state index contributed by atoms with van der Waals surface area (Å²) in [5.74, 6) is -0.384. The van der Waals surface area contributed by atoms with Crippen LogP contribution in [0.25, 0.3) is 6.08 Å². The second-order valence-electron chi connectivity index (χ2n) is 7.67. The fourth-order valence-corrected chi connectivity index (χ4v) is 4.27. The molecule has 2 aliphatic rings. The summed E-state index contributed by atoms with van der Waals surface area (Å²) < 4.78 is 16.4. The van der Waals surface area contributed by atoms with Gasteiger partial charge in [-0.05, 0) is 53.6 Å². The number of Topliss-reactive ketones (excluding diaryl/α,β-unsaturated/α-hetero) is 1. The molecule has 3 aromatic rings. The molecule has 0 saturated carbocycles. The van der Waals surface area contributed by atoms with Crippen molar-refractivity contribution >= 4 is 29.4 Å². The van der Waals surface area contributed by atoms with Crippen LogP contribution in [0.3, 0.4) is 0 Å². The maximum absolute atomic E-state index is 13.1. The number of halogens is 1. The van der Waals surface area contributed by atoms with Crippen LogP contribution in [0.5, 0.6) is 28.7 Å². The molecule has 33 heavy (non-hydrogen) atoms. The number of rotatable bonds is 3. The van der Waals surface area contributed by atoms with E-state index in [1.54, 1.807) is 36.4 Å². The van der Waals surface area contributed by atoms with Gasteiger partial charge in [0.15, 0.2) is 17.3 Å². The third kappa shape index (κ3) is 3.56. The first-order valence-electron chi connectivity index (χ1n) is 10.0. The van der Waals surface area contributed by atoms with Crippen molar-refractivity contribution in [1.29, 1.82) is 0 Å². The summed E-state index contributed by atoms with van der Waals surface area (Å²) in [5, 5.41) is 20.0. The van der Waals surface area contributed by atoms with E-state index in [9.17, 15) is 19.8 Å². The Bertz CT molecular complexity index is 1360. The normalized spacial score (nSPS) is 17.9. The molecule has 7 nitrogen and oxygen atoms in total. The number of fused-ring (bicyclic) bond motifs is 3. The number of phenolic OH excluding ortho intramolecular Hbond substituents is 2. The Morgan fingerprint density at radius 3 is 2.58 bits per heavy atom. The van der Waals surface area contributed by atoms with Crippen LogP contribution in [0.4, 0.5) is 0 Å². The van der Waals surface area contributed by atoms with Crippen LogP contribution in [0.1, 0.15) is 39.4 Å². The molecule has 2 N–H and O–H groups in total. The number of methoxy groups -OCH3 is 1. The van der Waals surface area contributed by atoms with Crippen LogP contribution in [-0.4, -0.2) is 29.1 Å². The van der Waals surface area contributed by atoms with Crippen LogP contribution in [0.15, 0.2) is 54.3 Å². The Hall–Kier alpha value is -3.97. The molecule has 0 radical (unpaired) electrons. The minimum absolute atomic E-state index is 0.0213. The fourth-order valence-electron chi connectivity index (χ4n) is 4.08. The predicted octanol–water partition coefficient (Wildman–Crippen LogP) is 4.82. The number of phenols is 2. The molecule has 1 unspecified atom stereocenters. The van der Waals surface area contributed by atoms with Gasteiger partial charge in [0, 0.05) is 11.5 Å². The van der Waals surface area contributed by atoms with Crippen LogP contribution < -0.4 is 14.2 Å². The highest BCUT2D eigenvalue weighted by atomic mass is 35.5. The first-order chi connectivity index (χ1) is 15.9. The van der Waals surface area contributed by atoms with Gasteiger partial charge in [-0.1, -0.05) is 23.7 Å². The van der Waals surface area contributed by atoms with Crippen LogP contribution >= 0.6 is 11.6 Å². The van der Waals surface area contributed by atoms with Gasteiger partial charge in [-0.2, -0.15) is 0 Å². The summed E-state index contributed by atoms with van der Waals surface area (Å²) >= 11 is 6.09. The minimum Gasteiger partial charge on any atom is -0.506 e. The van der Waals surface area contributed by atoms with Crippen molar-refractivity contribution in [1.82, 2.24) is 0 Å². The monoisotopic (exact) mass is 464 g/mol. The molecule has 8 heteroatoms. The average Bonchev–Trinajstić information content (AvgIpc) is 3.10. The van der Waals surface area contributed by atoms with Gasteiger partial charge in [0.2, 0.25) is 5.78 Å². The van der Waals surface area contributed by atoms with Crippen molar-refractivity contribution in [3.63, 3.8) is 0 Å². The number of allylic oxidation sites excluding steroid dienone is 1. The summed E-state index contributed by atoms with van der Waals surface area (Å²) in [7, 11) is 1.45. The third-order valence-electron chi connectivity index (χ3n) is 5.65. The molecule has 0 spiro atoms. The lowest BCUT2D eigenvalue weighted by Gasteiger charge is -2.26. The van der Waals surface area contributed by atoms with E-state index in [4.69, 9.17) is 25.8 Å². The number of hydrogen-bond acceptors (Lipinski definition) is 7. The van der Waals surface area contributed by atoms with Crippen LogP contribution in [0, 0.1) is 0 Å². The molecular weight excluding hydrogens is 448 g/mol. The fraction of sp³-hybridized carbons (Fsp3) is 0.120. The Balaban J connectivity index is 1.59. The smallest absolute Gasteiger partial charge is 0.312 e. The molecule has 0 fully saturated rings. The summed E-state index contributed by atoms with van der Waals surface area (Å²) in [5.41, 5.74) is 2.12. The second-order valence-corrected chi connectivity index (χ2v) is 8.07. The van der Waals surface area contributed by atoms with Gasteiger partial charge in [0.05, 0.1) is 24.1 Å². The van der Waals surface area contributed by atoms with E-state index in [2.05, 4.69) is 0 Å². The number of carbonyl (C=O) groups is 2. The highest BCUT2D eigenvalue weighted by Crippen LogP contribution is 2.49. The Labute approximate surface area is 193 Å². The number of carbonyl (C=O) groups excluding carboxylic acids is 2. The molecule has 166 valence electrons. The summed E-state index contributed by atoms with van der Waals surface area (Å²) in [4.78, 5) is 25.3. The van der Waals surface area contributed by atoms with Crippen molar-refractivity contribution in [2.24, 2.45) is 0 Å². The molecule has 2 aliphatic heterocycles. The van der Waals surface area contributed by atoms with Gasteiger partial charge < -0.3 is 24.4 Å². The number of ketones is 1. The second kappa shape index (κ2) is 7.86. The van der Waals surface area contributed by atoms with Gasteiger partial charge in [0.25, 0.3) is 0 Å². The maximum Gasteiger partial charge on any atom is 0.312 e. The summed E-state index contributed by atoms with van der Waals surface area (Å²) in [6, 6.07) is 12.6. The summed E-state index contributed by atoms with van der Waals surface area (Å²) in [6.45, 7) is 0. The molecule has 5 rings (SSSR count). The quantitative estimate of drug-likeness (QED) is 0.325. The van der Waals surface area contributed by atoms with Gasteiger partial charge >= 0.3 is 5.97 Å². The van der Waals surface area contributed by atoms with Gasteiger partial charge in [-0.25, -0.2) is 0 Å². The minimum atomic E-state index is -0.480. The molecule has 0 aliphatic carbocycles. The number of hydrogen-bond donors (Lipinski definition) is 2. The standard InChI is InChI=1S/C25H17ClO7/c1-31-19-6-2-12(8-18(19)28)9-21-24(30)14-4-7-20-23(25(14)33-21)15(11-22(29)32-20)13-3-5-17(27)16(26)10-13/h2-10,15,27-28H,11H2,1H3/b21-9-. The van der Waals surface area contributed by atoms with Crippen LogP contribution in [0.2, 0.25) is 5.02 Å². The first kappa shape index (κ1) is 20.9. The number of benzene rings is 3. The van der Waals surface area contributed by atoms with E-state index < -0.39 is 11.9 Å². The Morgan fingerprint density at radius 1 is 1.03 bits per heavy atom. The zero-order chi connectivity index (χ0) is 23.3. The lowest BCUT2D eigenvalue weighted by molar-refractivity contribution is -0.135. The van der Waals surface area contributed by atoms with Crippen molar-refractivity contribution in [3.05, 3.63) is 81.6 Å². The van der Waals surface area contributed by atoms with Crippen molar-refractivity contribution in [2.45, 2.75) is 12.3 Å². The number of aromatic hydroxyl groups is 2. The van der Waals surface area contributed by atoms with Gasteiger partial charge in [-0.15, -0.1) is 0 Å². The highest BCUT2D eigenvalue weighted by Gasteiger charge is 2.38. The van der Waals surface area contributed by atoms with Crippen molar-refractivity contribution in [3.8, 4) is 28.7 Å². The molecule has 3 aromatic carbocycles. The highest BCUT2D eigenvalue weighted by molar-refractivity contribution is 6.32. The lowest BCUT2D eigenvalue weighted by atomic mass is 9.84. The first-order valence-corrected chi connectivity index (χ1v) is 10.4. The molecule has 2 heterocycles. The average molecular weight is 465 g/mol. The lowest BCUT2D eigenvalue weighted by Crippen LogP contribution is -2.21. The zero-order valence-corrected chi connectivity index (χ0v) is 18.1. The van der Waals surface area contributed by atoms with Crippen molar-refractivity contribution in [2.75, 3.05) is 7.11 Å². The van der Waals surface area contributed by atoms with E-state index in [1.165, 1.54) is 25.3 Å². The number of ether oxygens (including phenoxy) is 3. The molecule has 0 aromatic heterocycles. The number of esters is 1. The maximum atomic E-state index is 13.1. The predicted molar refractivity (Wildman–Crippen MR) is 119 cm³/mol. The zero-order valence-electron chi connectivity index (χ0n) is 17.3. The molecule has 1 atom stereocenters. The van der Waals surface area contributed by atoms with Crippen LogP contribution in [-0.2, 0) is 4.79 Å². The summed E-state index contributed by atoms with van der Waals surface area (Å²) in [6.07, 6.45) is 1.54. The van der Waals surface area contributed by atoms with Crippen molar-refractivity contribution < 1.29 is 34.0 Å².